The molecule has 0 atom stereocenters. The Labute approximate surface area is 109 Å². The summed E-state index contributed by atoms with van der Waals surface area (Å²) in [5, 5.41) is 2.94. The maximum atomic E-state index is 12.8. The van der Waals surface area contributed by atoms with Crippen LogP contribution in [-0.4, -0.2) is 4.98 Å². The molecule has 1 aromatic heterocycles. The summed E-state index contributed by atoms with van der Waals surface area (Å²) >= 11 is 0. The van der Waals surface area contributed by atoms with Crippen LogP contribution in [0.4, 0.5) is 24.7 Å². The Bertz CT molecular complexity index is 591. The number of nitrogens with zero attached hydrogens (tertiary/aromatic N) is 1. The fraction of sp³-hybridized carbons (Fsp3) is 0.214. The van der Waals surface area contributed by atoms with Crippen LogP contribution in [0.25, 0.3) is 0 Å². The molecule has 1 aromatic carbocycles. The molecule has 1 heterocycles. The fourth-order valence-electron chi connectivity index (χ4n) is 1.82. The van der Waals surface area contributed by atoms with E-state index in [4.69, 9.17) is 0 Å². The molecular formula is C14H13F3N2. The average Bonchev–Trinajstić information content (AvgIpc) is 2.33. The molecule has 0 aliphatic rings. The van der Waals surface area contributed by atoms with Crippen LogP contribution in [0.2, 0.25) is 0 Å². The molecule has 0 unspecified atom stereocenters. The van der Waals surface area contributed by atoms with E-state index in [0.717, 1.165) is 11.6 Å². The zero-order valence-corrected chi connectivity index (χ0v) is 10.5. The van der Waals surface area contributed by atoms with Crippen molar-refractivity contribution < 1.29 is 13.2 Å². The van der Waals surface area contributed by atoms with Gasteiger partial charge in [0.1, 0.15) is 5.82 Å². The van der Waals surface area contributed by atoms with Gasteiger partial charge < -0.3 is 5.32 Å². The number of aryl methyl sites for hydroxylation is 1. The zero-order valence-electron chi connectivity index (χ0n) is 10.5. The second-order valence-electron chi connectivity index (χ2n) is 4.27. The van der Waals surface area contributed by atoms with Crippen molar-refractivity contribution in [2.45, 2.75) is 20.0 Å². The van der Waals surface area contributed by atoms with Crippen LogP contribution >= 0.6 is 0 Å². The minimum atomic E-state index is -4.35. The van der Waals surface area contributed by atoms with E-state index in [1.165, 1.54) is 13.0 Å². The number of aromatic nitrogens is 1. The van der Waals surface area contributed by atoms with Crippen molar-refractivity contribution in [2.75, 3.05) is 5.32 Å². The molecule has 0 fully saturated rings. The standard InChI is InChI=1S/C14H13F3N2/c1-9-5-4-8-18-13(9)19-12-7-3-6-11(10(12)2)14(15,16)17/h3-8H,1-2H3,(H,18,19). The van der Waals surface area contributed by atoms with Gasteiger partial charge in [-0.2, -0.15) is 13.2 Å². The van der Waals surface area contributed by atoms with Gasteiger partial charge in [-0.25, -0.2) is 4.98 Å². The van der Waals surface area contributed by atoms with Gasteiger partial charge in [0.2, 0.25) is 0 Å². The van der Waals surface area contributed by atoms with Gasteiger partial charge >= 0.3 is 6.18 Å². The summed E-state index contributed by atoms with van der Waals surface area (Å²) in [6, 6.07) is 7.69. The molecule has 2 rings (SSSR count). The molecule has 100 valence electrons. The van der Waals surface area contributed by atoms with Gasteiger partial charge in [-0.05, 0) is 43.2 Å². The highest BCUT2D eigenvalue weighted by Gasteiger charge is 2.32. The first kappa shape index (κ1) is 13.4. The molecule has 2 nitrogen and oxygen atoms in total. The molecule has 0 amide bonds. The Morgan fingerprint density at radius 2 is 1.79 bits per heavy atom. The molecule has 1 N–H and O–H groups in total. The lowest BCUT2D eigenvalue weighted by Gasteiger charge is -2.15. The zero-order chi connectivity index (χ0) is 14.0. The van der Waals surface area contributed by atoms with E-state index in [1.54, 1.807) is 18.3 Å². The first-order valence-corrected chi connectivity index (χ1v) is 5.75. The molecular weight excluding hydrogens is 253 g/mol. The van der Waals surface area contributed by atoms with Gasteiger partial charge in [-0.3, -0.25) is 0 Å². The minimum Gasteiger partial charge on any atom is -0.340 e. The predicted octanol–water partition coefficient (Wildman–Crippen LogP) is 4.46. The topological polar surface area (TPSA) is 24.9 Å². The van der Waals surface area contributed by atoms with E-state index in [-0.39, 0.29) is 5.56 Å². The van der Waals surface area contributed by atoms with Crippen molar-refractivity contribution in [1.82, 2.24) is 4.98 Å². The summed E-state index contributed by atoms with van der Waals surface area (Å²) in [5.74, 6) is 0.560. The molecule has 0 bridgehead atoms. The van der Waals surface area contributed by atoms with E-state index in [9.17, 15) is 13.2 Å². The quantitative estimate of drug-likeness (QED) is 0.868. The number of benzene rings is 1. The van der Waals surface area contributed by atoms with Crippen molar-refractivity contribution in [3.63, 3.8) is 0 Å². The van der Waals surface area contributed by atoms with E-state index in [1.807, 2.05) is 13.0 Å². The number of hydrogen-bond donors (Lipinski definition) is 1. The highest BCUT2D eigenvalue weighted by Crippen LogP contribution is 2.35. The normalized spacial score (nSPS) is 11.4. The Kier molecular flexibility index (Phi) is 3.46. The predicted molar refractivity (Wildman–Crippen MR) is 68.4 cm³/mol. The Morgan fingerprint density at radius 1 is 1.05 bits per heavy atom. The minimum absolute atomic E-state index is 0.167. The van der Waals surface area contributed by atoms with Gasteiger partial charge in [0.05, 0.1) is 5.56 Å². The maximum Gasteiger partial charge on any atom is 0.416 e. The molecule has 0 aliphatic carbocycles. The van der Waals surface area contributed by atoms with Crippen LogP contribution in [0, 0.1) is 13.8 Å². The van der Waals surface area contributed by atoms with Crippen molar-refractivity contribution in [3.8, 4) is 0 Å². The fourth-order valence-corrected chi connectivity index (χ4v) is 1.82. The molecule has 2 aromatic rings. The van der Waals surface area contributed by atoms with Crippen LogP contribution < -0.4 is 5.32 Å². The summed E-state index contributed by atoms with van der Waals surface area (Å²) in [4.78, 5) is 4.11. The van der Waals surface area contributed by atoms with Gasteiger partial charge in [0, 0.05) is 11.9 Å². The van der Waals surface area contributed by atoms with Crippen molar-refractivity contribution in [2.24, 2.45) is 0 Å². The summed E-state index contributed by atoms with van der Waals surface area (Å²) < 4.78 is 38.4. The second-order valence-corrected chi connectivity index (χ2v) is 4.27. The SMILES string of the molecule is Cc1cccnc1Nc1cccc(C(F)(F)F)c1C. The van der Waals surface area contributed by atoms with Crippen LogP contribution in [0.3, 0.4) is 0 Å². The second kappa shape index (κ2) is 4.91. The van der Waals surface area contributed by atoms with Gasteiger partial charge in [0.15, 0.2) is 0 Å². The summed E-state index contributed by atoms with van der Waals surface area (Å²) in [6.07, 6.45) is -2.75. The molecule has 0 spiro atoms. The smallest absolute Gasteiger partial charge is 0.340 e. The third-order valence-corrected chi connectivity index (χ3v) is 2.90. The van der Waals surface area contributed by atoms with Crippen molar-refractivity contribution in [1.29, 1.82) is 0 Å². The Hall–Kier alpha value is -2.04. The third kappa shape index (κ3) is 2.86. The summed E-state index contributed by atoms with van der Waals surface area (Å²) in [7, 11) is 0. The molecule has 19 heavy (non-hydrogen) atoms. The number of rotatable bonds is 2. The van der Waals surface area contributed by atoms with Crippen molar-refractivity contribution >= 4 is 11.5 Å². The van der Waals surface area contributed by atoms with Crippen LogP contribution in [0.5, 0.6) is 0 Å². The van der Waals surface area contributed by atoms with Gasteiger partial charge in [0.25, 0.3) is 0 Å². The third-order valence-electron chi connectivity index (χ3n) is 2.90. The largest absolute Gasteiger partial charge is 0.416 e. The highest BCUT2D eigenvalue weighted by atomic mass is 19.4. The van der Waals surface area contributed by atoms with Crippen LogP contribution in [0.1, 0.15) is 16.7 Å². The number of anilines is 2. The molecule has 0 aliphatic heterocycles. The van der Waals surface area contributed by atoms with Crippen molar-refractivity contribution in [3.05, 3.63) is 53.2 Å². The number of hydrogen-bond acceptors (Lipinski definition) is 2. The lowest BCUT2D eigenvalue weighted by atomic mass is 10.1. The Morgan fingerprint density at radius 3 is 2.42 bits per heavy atom. The number of nitrogens with one attached hydrogen (secondary N) is 1. The van der Waals surface area contributed by atoms with E-state index >= 15 is 0 Å². The summed E-state index contributed by atoms with van der Waals surface area (Å²) in [5.41, 5.74) is 0.821. The number of halogens is 3. The monoisotopic (exact) mass is 266 g/mol. The maximum absolute atomic E-state index is 12.8. The summed E-state index contributed by atoms with van der Waals surface area (Å²) in [6.45, 7) is 3.29. The lowest BCUT2D eigenvalue weighted by Crippen LogP contribution is -2.09. The lowest BCUT2D eigenvalue weighted by molar-refractivity contribution is -0.138. The van der Waals surface area contributed by atoms with Gasteiger partial charge in [-0.1, -0.05) is 12.1 Å². The first-order valence-electron chi connectivity index (χ1n) is 5.75. The Balaban J connectivity index is 2.40. The number of alkyl halides is 3. The highest BCUT2D eigenvalue weighted by molar-refractivity contribution is 5.64. The number of pyridine rings is 1. The van der Waals surface area contributed by atoms with E-state index < -0.39 is 11.7 Å². The van der Waals surface area contributed by atoms with Crippen LogP contribution in [-0.2, 0) is 6.18 Å². The first-order chi connectivity index (χ1) is 8.89. The van der Waals surface area contributed by atoms with Gasteiger partial charge in [-0.15, -0.1) is 0 Å². The molecule has 0 radical (unpaired) electrons. The average molecular weight is 266 g/mol. The van der Waals surface area contributed by atoms with E-state index in [2.05, 4.69) is 10.3 Å². The van der Waals surface area contributed by atoms with E-state index in [0.29, 0.717) is 11.5 Å². The van der Waals surface area contributed by atoms with Crippen LogP contribution in [0.15, 0.2) is 36.5 Å². The molecule has 5 heteroatoms. The molecule has 0 saturated carbocycles. The molecule has 0 saturated heterocycles.